The van der Waals surface area contributed by atoms with E-state index in [0.29, 0.717) is 27.5 Å². The van der Waals surface area contributed by atoms with Crippen molar-refractivity contribution < 1.29 is 14.0 Å². The Labute approximate surface area is 279 Å². The minimum Gasteiger partial charge on any atom is -0.321 e. The van der Waals surface area contributed by atoms with Gasteiger partial charge in [0.1, 0.15) is 16.1 Å². The van der Waals surface area contributed by atoms with E-state index in [4.69, 9.17) is 34.8 Å². The lowest BCUT2D eigenvalue weighted by molar-refractivity contribution is 0.101. The van der Waals surface area contributed by atoms with E-state index in [1.54, 1.807) is 48.7 Å². The molecule has 6 aromatic rings. The van der Waals surface area contributed by atoms with Crippen LogP contribution in [0.2, 0.25) is 15.3 Å². The topological polar surface area (TPSA) is 84.0 Å². The van der Waals surface area contributed by atoms with Crippen molar-refractivity contribution in [2.24, 2.45) is 0 Å². The largest absolute Gasteiger partial charge is 0.321 e. The van der Waals surface area contributed by atoms with Crippen LogP contribution in [0.4, 0.5) is 15.8 Å². The van der Waals surface area contributed by atoms with Gasteiger partial charge in [-0.15, -0.1) is 0 Å². The van der Waals surface area contributed by atoms with Crippen LogP contribution in [-0.4, -0.2) is 21.8 Å². The first-order valence-electron chi connectivity index (χ1n) is 13.8. The second-order valence-electron chi connectivity index (χ2n) is 9.70. The average molecular weight is 670 g/mol. The lowest BCUT2D eigenvalue weighted by Crippen LogP contribution is -2.13. The average Bonchev–Trinajstić information content (AvgIpc) is 3.07. The van der Waals surface area contributed by atoms with Crippen LogP contribution < -0.4 is 10.6 Å². The van der Waals surface area contributed by atoms with Gasteiger partial charge in [-0.05, 0) is 71.8 Å². The zero-order valence-electron chi connectivity index (χ0n) is 23.9. The molecule has 0 fully saturated rings. The van der Waals surface area contributed by atoms with Crippen LogP contribution in [0, 0.1) is 5.82 Å². The summed E-state index contributed by atoms with van der Waals surface area (Å²) in [6.45, 7) is 0. The molecule has 6 nitrogen and oxygen atoms in total. The molecule has 0 bridgehead atoms. The number of para-hydroxylation sites is 2. The number of benzene rings is 4. The zero-order valence-corrected chi connectivity index (χ0v) is 26.2. The van der Waals surface area contributed by atoms with Crippen molar-refractivity contribution in [3.8, 4) is 22.3 Å². The maximum atomic E-state index is 13.1. The molecule has 2 amide bonds. The number of halogens is 4. The molecular weight excluding hydrogens is 646 g/mol. The molecule has 0 aliphatic carbocycles. The normalized spacial score (nSPS) is 10.3. The Balaban J connectivity index is 0.000000181. The molecule has 0 saturated carbocycles. The molecular formula is C36H24Cl3FN4O2. The summed E-state index contributed by atoms with van der Waals surface area (Å²) in [6, 6.07) is 34.9. The predicted octanol–water partition coefficient (Wildman–Crippen LogP) is 10.1. The summed E-state index contributed by atoms with van der Waals surface area (Å²) in [4.78, 5) is 32.6. The van der Waals surface area contributed by atoms with E-state index in [-0.39, 0.29) is 27.9 Å². The van der Waals surface area contributed by atoms with Crippen LogP contribution in [0.25, 0.3) is 22.3 Å². The van der Waals surface area contributed by atoms with Gasteiger partial charge in [-0.2, -0.15) is 0 Å². The lowest BCUT2D eigenvalue weighted by Gasteiger charge is -2.12. The Bertz CT molecular complexity index is 1840. The highest BCUT2D eigenvalue weighted by atomic mass is 35.5. The molecule has 46 heavy (non-hydrogen) atoms. The van der Waals surface area contributed by atoms with Gasteiger partial charge in [0.25, 0.3) is 11.8 Å². The molecule has 0 saturated heterocycles. The second-order valence-corrected chi connectivity index (χ2v) is 10.8. The molecule has 2 N–H and O–H groups in total. The van der Waals surface area contributed by atoms with Gasteiger partial charge in [0.15, 0.2) is 0 Å². The molecule has 0 aliphatic rings. The van der Waals surface area contributed by atoms with E-state index >= 15 is 0 Å². The van der Waals surface area contributed by atoms with Gasteiger partial charge in [0.2, 0.25) is 0 Å². The molecule has 0 atom stereocenters. The van der Waals surface area contributed by atoms with Crippen molar-refractivity contribution in [3.05, 3.63) is 166 Å². The van der Waals surface area contributed by atoms with Gasteiger partial charge in [-0.3, -0.25) is 9.59 Å². The van der Waals surface area contributed by atoms with Crippen molar-refractivity contribution in [3.63, 3.8) is 0 Å². The maximum absolute atomic E-state index is 13.1. The van der Waals surface area contributed by atoms with Crippen LogP contribution in [-0.2, 0) is 0 Å². The van der Waals surface area contributed by atoms with E-state index in [9.17, 15) is 14.0 Å². The molecule has 0 unspecified atom stereocenters. The highest BCUT2D eigenvalue weighted by Crippen LogP contribution is 2.30. The van der Waals surface area contributed by atoms with Gasteiger partial charge in [-0.1, -0.05) is 95.5 Å². The maximum Gasteiger partial charge on any atom is 0.258 e. The van der Waals surface area contributed by atoms with E-state index in [1.165, 1.54) is 18.3 Å². The number of pyridine rings is 2. The molecule has 228 valence electrons. The number of anilines is 2. The Kier molecular flexibility index (Phi) is 10.7. The standard InChI is InChI=1S/C18H12Cl2N2O.C18H12ClFN2O/c19-13-9-7-12(8-10-13)14-4-1-2-6-16(14)22-18(23)15-5-3-11-21-17(15)20;19-17-15(5-3-11-21-17)18(23)22-16-6-2-1-4-14(16)12-7-9-13(20)10-8-12/h2*1-11H,(H,22,23). The Hall–Kier alpha value is -5.08. The van der Waals surface area contributed by atoms with Crippen LogP contribution >= 0.6 is 34.8 Å². The first-order valence-corrected chi connectivity index (χ1v) is 15.0. The Morgan fingerprint density at radius 3 is 1.37 bits per heavy atom. The number of amides is 2. The van der Waals surface area contributed by atoms with E-state index in [1.807, 2.05) is 66.7 Å². The molecule has 10 heteroatoms. The zero-order chi connectivity index (χ0) is 32.5. The van der Waals surface area contributed by atoms with Crippen LogP contribution in [0.5, 0.6) is 0 Å². The highest BCUT2D eigenvalue weighted by Gasteiger charge is 2.15. The number of carbonyl (C=O) groups excluding carboxylic acids is 2. The summed E-state index contributed by atoms with van der Waals surface area (Å²) >= 11 is 17.8. The predicted molar refractivity (Wildman–Crippen MR) is 183 cm³/mol. The number of aromatic nitrogens is 2. The first-order chi connectivity index (χ1) is 22.3. The van der Waals surface area contributed by atoms with Crippen molar-refractivity contribution in [2.75, 3.05) is 10.6 Å². The minimum atomic E-state index is -0.349. The minimum absolute atomic E-state index is 0.143. The van der Waals surface area contributed by atoms with E-state index in [2.05, 4.69) is 20.6 Å². The van der Waals surface area contributed by atoms with Gasteiger partial charge in [0.05, 0.1) is 11.1 Å². The molecule has 0 radical (unpaired) electrons. The van der Waals surface area contributed by atoms with Crippen LogP contribution in [0.1, 0.15) is 20.7 Å². The quantitative estimate of drug-likeness (QED) is 0.173. The van der Waals surface area contributed by atoms with Gasteiger partial charge in [0, 0.05) is 39.9 Å². The van der Waals surface area contributed by atoms with E-state index in [0.717, 1.165) is 22.3 Å². The number of nitrogens with one attached hydrogen (secondary N) is 2. The van der Waals surface area contributed by atoms with E-state index < -0.39 is 0 Å². The van der Waals surface area contributed by atoms with Gasteiger partial charge in [-0.25, -0.2) is 14.4 Å². The third-order valence-corrected chi connectivity index (χ3v) is 7.52. The summed E-state index contributed by atoms with van der Waals surface area (Å²) in [6.07, 6.45) is 3.06. The molecule has 2 heterocycles. The number of hydrogen-bond acceptors (Lipinski definition) is 4. The number of carbonyl (C=O) groups is 2. The summed E-state index contributed by atoms with van der Waals surface area (Å²) in [5.41, 5.74) is 5.40. The van der Waals surface area contributed by atoms with Crippen molar-refractivity contribution in [1.82, 2.24) is 9.97 Å². The number of rotatable bonds is 6. The number of hydrogen-bond donors (Lipinski definition) is 2. The van der Waals surface area contributed by atoms with Gasteiger partial charge >= 0.3 is 0 Å². The smallest absolute Gasteiger partial charge is 0.258 e. The summed E-state index contributed by atoms with van der Waals surface area (Å²) in [5.74, 6) is -0.959. The Morgan fingerprint density at radius 2 is 0.935 bits per heavy atom. The molecule has 4 aromatic carbocycles. The SMILES string of the molecule is O=C(Nc1ccccc1-c1ccc(Cl)cc1)c1cccnc1Cl.O=C(Nc1ccccc1-c1ccc(F)cc1)c1cccnc1Cl. The molecule has 0 aliphatic heterocycles. The molecule has 0 spiro atoms. The fourth-order valence-electron chi connectivity index (χ4n) is 4.44. The monoisotopic (exact) mass is 668 g/mol. The van der Waals surface area contributed by atoms with Crippen LogP contribution in [0.15, 0.2) is 134 Å². The third-order valence-electron chi connectivity index (χ3n) is 6.67. The third kappa shape index (κ3) is 8.14. The summed E-state index contributed by atoms with van der Waals surface area (Å²) < 4.78 is 13.1. The fraction of sp³-hybridized carbons (Fsp3) is 0. The van der Waals surface area contributed by atoms with Gasteiger partial charge < -0.3 is 10.6 Å². The van der Waals surface area contributed by atoms with Crippen molar-refractivity contribution in [2.45, 2.75) is 0 Å². The first kappa shape index (κ1) is 32.3. The second kappa shape index (κ2) is 15.3. The van der Waals surface area contributed by atoms with Crippen molar-refractivity contribution >= 4 is 58.0 Å². The Morgan fingerprint density at radius 1 is 0.522 bits per heavy atom. The highest BCUT2D eigenvalue weighted by molar-refractivity contribution is 6.34. The van der Waals surface area contributed by atoms with Crippen LogP contribution in [0.3, 0.4) is 0 Å². The number of nitrogens with zero attached hydrogens (tertiary/aromatic N) is 2. The lowest BCUT2D eigenvalue weighted by atomic mass is 10.0. The molecule has 2 aromatic heterocycles. The summed E-state index contributed by atoms with van der Waals surface area (Å²) in [7, 11) is 0. The van der Waals surface area contributed by atoms with Crippen molar-refractivity contribution in [1.29, 1.82) is 0 Å². The fourth-order valence-corrected chi connectivity index (χ4v) is 4.97. The summed E-state index contributed by atoms with van der Waals surface area (Å²) in [5, 5.41) is 6.69. The molecule has 6 rings (SSSR count).